The number of carbonyl (C=O) groups is 1. The van der Waals surface area contributed by atoms with E-state index in [1.54, 1.807) is 41.6 Å². The van der Waals surface area contributed by atoms with Gasteiger partial charge in [-0.15, -0.1) is 0 Å². The molecule has 5 nitrogen and oxygen atoms in total. The molecule has 6 heteroatoms. The van der Waals surface area contributed by atoms with Gasteiger partial charge in [-0.3, -0.25) is 9.78 Å². The molecule has 27 heavy (non-hydrogen) atoms. The van der Waals surface area contributed by atoms with E-state index in [1.807, 2.05) is 6.07 Å². The predicted molar refractivity (Wildman–Crippen MR) is 97.6 cm³/mol. The molecular weight excluding hydrogens is 345 g/mol. The molecule has 1 fully saturated rings. The van der Waals surface area contributed by atoms with E-state index in [2.05, 4.69) is 9.97 Å². The van der Waals surface area contributed by atoms with Crippen molar-refractivity contribution in [1.82, 2.24) is 14.9 Å². The van der Waals surface area contributed by atoms with Crippen LogP contribution in [0.25, 0.3) is 0 Å². The summed E-state index contributed by atoms with van der Waals surface area (Å²) in [6, 6.07) is 11.5. The summed E-state index contributed by atoms with van der Waals surface area (Å²) in [4.78, 5) is 23.2. The van der Waals surface area contributed by atoms with Crippen molar-refractivity contribution in [2.24, 2.45) is 0 Å². The molecule has 0 aliphatic carbocycles. The van der Waals surface area contributed by atoms with E-state index in [0.717, 1.165) is 24.8 Å². The van der Waals surface area contributed by atoms with Crippen LogP contribution >= 0.6 is 0 Å². The summed E-state index contributed by atoms with van der Waals surface area (Å²) < 4.78 is 19.3. The molecule has 1 aliphatic rings. The number of rotatable bonds is 4. The van der Waals surface area contributed by atoms with Gasteiger partial charge < -0.3 is 9.32 Å². The van der Waals surface area contributed by atoms with Gasteiger partial charge in [0.25, 0.3) is 5.91 Å². The van der Waals surface area contributed by atoms with Crippen molar-refractivity contribution >= 4 is 5.91 Å². The van der Waals surface area contributed by atoms with Crippen molar-refractivity contribution in [2.75, 3.05) is 6.54 Å². The van der Waals surface area contributed by atoms with Crippen LogP contribution in [0.1, 0.15) is 53.0 Å². The normalized spacial score (nSPS) is 17.1. The highest BCUT2D eigenvalue weighted by molar-refractivity contribution is 5.92. The summed E-state index contributed by atoms with van der Waals surface area (Å²) in [5, 5.41) is 0. The number of likely N-dealkylation sites (tertiary alicyclic amines) is 1. The molecule has 1 amide bonds. The average Bonchev–Trinajstić information content (AvgIpc) is 3.16. The summed E-state index contributed by atoms with van der Waals surface area (Å²) in [5.41, 5.74) is 1.25. The van der Waals surface area contributed by atoms with Gasteiger partial charge in [0, 0.05) is 19.2 Å². The number of aromatic nitrogens is 2. The van der Waals surface area contributed by atoms with Crippen molar-refractivity contribution in [3.63, 3.8) is 0 Å². The van der Waals surface area contributed by atoms with Crippen molar-refractivity contribution in [3.8, 4) is 0 Å². The van der Waals surface area contributed by atoms with Gasteiger partial charge in [-0.1, -0.05) is 18.2 Å². The van der Waals surface area contributed by atoms with E-state index in [1.165, 1.54) is 12.1 Å². The van der Waals surface area contributed by atoms with E-state index in [-0.39, 0.29) is 17.8 Å². The van der Waals surface area contributed by atoms with Crippen LogP contribution in [0.3, 0.4) is 0 Å². The van der Waals surface area contributed by atoms with Crippen LogP contribution in [0.2, 0.25) is 0 Å². The second-order valence-corrected chi connectivity index (χ2v) is 6.70. The zero-order valence-corrected chi connectivity index (χ0v) is 14.8. The van der Waals surface area contributed by atoms with Crippen molar-refractivity contribution < 1.29 is 13.6 Å². The first-order valence-electron chi connectivity index (χ1n) is 9.12. The predicted octanol–water partition coefficient (Wildman–Crippen LogP) is 4.17. The van der Waals surface area contributed by atoms with Crippen LogP contribution in [-0.4, -0.2) is 27.3 Å². The summed E-state index contributed by atoms with van der Waals surface area (Å²) >= 11 is 0. The van der Waals surface area contributed by atoms with Crippen LogP contribution in [-0.2, 0) is 6.42 Å². The van der Waals surface area contributed by atoms with Gasteiger partial charge in [-0.2, -0.15) is 0 Å². The first-order valence-corrected chi connectivity index (χ1v) is 9.12. The number of halogens is 1. The molecular formula is C21H20FN3O2. The molecule has 4 rings (SSSR count). The molecule has 2 aromatic heterocycles. The molecule has 0 radical (unpaired) electrons. The fraction of sp³-hybridized carbons (Fsp3) is 0.286. The third-order valence-electron chi connectivity index (χ3n) is 4.77. The molecule has 0 saturated carbocycles. The largest absolute Gasteiger partial charge is 0.443 e. The molecule has 3 heterocycles. The van der Waals surface area contributed by atoms with Gasteiger partial charge >= 0.3 is 0 Å². The molecule has 0 unspecified atom stereocenters. The van der Waals surface area contributed by atoms with Crippen molar-refractivity contribution in [2.45, 2.75) is 31.7 Å². The number of piperidine rings is 1. The number of oxazole rings is 1. The fourth-order valence-corrected chi connectivity index (χ4v) is 3.47. The summed E-state index contributed by atoms with van der Waals surface area (Å²) in [6.45, 7) is 0.654. The molecule has 1 atom stereocenters. The Kier molecular flexibility index (Phi) is 4.96. The average molecular weight is 365 g/mol. The minimum Gasteiger partial charge on any atom is -0.443 e. The number of pyridine rings is 1. The Morgan fingerprint density at radius 1 is 1.19 bits per heavy atom. The van der Waals surface area contributed by atoms with E-state index in [0.29, 0.717) is 30.3 Å². The summed E-state index contributed by atoms with van der Waals surface area (Å²) in [5.74, 6) is 0.814. The van der Waals surface area contributed by atoms with Crippen LogP contribution in [0.15, 0.2) is 59.3 Å². The first kappa shape index (κ1) is 17.4. The zero-order chi connectivity index (χ0) is 18.6. The summed E-state index contributed by atoms with van der Waals surface area (Å²) in [6.07, 6.45) is 6.51. The highest BCUT2D eigenvalue weighted by Gasteiger charge is 2.32. The Labute approximate surface area is 156 Å². The lowest BCUT2D eigenvalue weighted by Crippen LogP contribution is -2.39. The molecule has 138 valence electrons. The standard InChI is InChI=1S/C21H20FN3O2/c22-16-7-5-6-15(12-16)13-17-14-24-20(27-17)19-9-2-4-11-25(19)21(26)18-8-1-3-10-23-18/h1,3,5-8,10,12,14,19H,2,4,9,11,13H2/t19-/m1/s1. The second-order valence-electron chi connectivity index (χ2n) is 6.70. The van der Waals surface area contributed by atoms with Gasteiger partial charge in [0.2, 0.25) is 5.89 Å². The van der Waals surface area contributed by atoms with Crippen molar-refractivity contribution in [3.05, 3.63) is 83.6 Å². The monoisotopic (exact) mass is 365 g/mol. The molecule has 1 saturated heterocycles. The van der Waals surface area contributed by atoms with E-state index in [9.17, 15) is 9.18 Å². The zero-order valence-electron chi connectivity index (χ0n) is 14.8. The highest BCUT2D eigenvalue weighted by atomic mass is 19.1. The Morgan fingerprint density at radius 2 is 2.11 bits per heavy atom. The maximum absolute atomic E-state index is 13.4. The smallest absolute Gasteiger partial charge is 0.273 e. The lowest BCUT2D eigenvalue weighted by Gasteiger charge is -2.33. The number of hydrogen-bond donors (Lipinski definition) is 0. The number of amides is 1. The Bertz CT molecular complexity index is 926. The molecule has 3 aromatic rings. The molecule has 1 aromatic carbocycles. The van der Waals surface area contributed by atoms with Gasteiger partial charge in [-0.05, 0) is 49.1 Å². The van der Waals surface area contributed by atoms with Crippen molar-refractivity contribution in [1.29, 1.82) is 0 Å². The lowest BCUT2D eigenvalue weighted by molar-refractivity contribution is 0.0564. The van der Waals surface area contributed by atoms with Crippen LogP contribution < -0.4 is 0 Å². The lowest BCUT2D eigenvalue weighted by atomic mass is 10.0. The number of nitrogens with zero attached hydrogens (tertiary/aromatic N) is 3. The Hall–Kier alpha value is -3.02. The van der Waals surface area contributed by atoms with Crippen LogP contribution in [0.4, 0.5) is 4.39 Å². The number of benzene rings is 1. The minimum atomic E-state index is -0.272. The molecule has 0 spiro atoms. The van der Waals surface area contributed by atoms with Gasteiger partial charge in [0.05, 0.1) is 6.20 Å². The van der Waals surface area contributed by atoms with Crippen LogP contribution in [0.5, 0.6) is 0 Å². The van der Waals surface area contributed by atoms with E-state index < -0.39 is 0 Å². The first-order chi connectivity index (χ1) is 13.2. The minimum absolute atomic E-state index is 0.106. The third kappa shape index (κ3) is 3.89. The number of carbonyl (C=O) groups excluding carboxylic acids is 1. The number of hydrogen-bond acceptors (Lipinski definition) is 4. The third-order valence-corrected chi connectivity index (χ3v) is 4.77. The highest BCUT2D eigenvalue weighted by Crippen LogP contribution is 2.32. The maximum atomic E-state index is 13.4. The van der Waals surface area contributed by atoms with Crippen LogP contribution in [0, 0.1) is 5.82 Å². The SMILES string of the molecule is O=C(c1ccccn1)N1CCCC[C@@H]1c1ncc(Cc2cccc(F)c2)o1. The molecule has 1 aliphatic heterocycles. The molecule has 0 bridgehead atoms. The fourth-order valence-electron chi connectivity index (χ4n) is 3.47. The topological polar surface area (TPSA) is 59.2 Å². The second kappa shape index (κ2) is 7.70. The molecule has 0 N–H and O–H groups in total. The van der Waals surface area contributed by atoms with E-state index >= 15 is 0 Å². The summed E-state index contributed by atoms with van der Waals surface area (Å²) in [7, 11) is 0. The van der Waals surface area contributed by atoms with Gasteiger partial charge in [-0.25, -0.2) is 9.37 Å². The quantitative estimate of drug-likeness (QED) is 0.696. The van der Waals surface area contributed by atoms with E-state index in [4.69, 9.17) is 4.42 Å². The maximum Gasteiger partial charge on any atom is 0.273 e. The van der Waals surface area contributed by atoms with Gasteiger partial charge in [0.15, 0.2) is 0 Å². The van der Waals surface area contributed by atoms with Gasteiger partial charge in [0.1, 0.15) is 23.3 Å². The Balaban J connectivity index is 1.54. The Morgan fingerprint density at radius 3 is 2.93 bits per heavy atom.